The summed E-state index contributed by atoms with van der Waals surface area (Å²) in [7, 11) is 1.76. The van der Waals surface area contributed by atoms with Crippen LogP contribution < -0.4 is 10.1 Å². The van der Waals surface area contributed by atoms with Crippen LogP contribution in [0.2, 0.25) is 0 Å². The molecule has 0 bridgehead atoms. The summed E-state index contributed by atoms with van der Waals surface area (Å²) in [4.78, 5) is 0. The molecule has 16 heavy (non-hydrogen) atoms. The van der Waals surface area contributed by atoms with Gasteiger partial charge in [-0.3, -0.25) is 0 Å². The zero-order valence-electron chi connectivity index (χ0n) is 10.2. The molecule has 0 aromatic heterocycles. The molecule has 0 spiro atoms. The highest BCUT2D eigenvalue weighted by molar-refractivity contribution is 5.36. The topological polar surface area (TPSA) is 21.3 Å². The standard InChI is InChI=1S/C14H21NO/c1-11(12-7-9-15-10-8-12)13-5-3-4-6-14(13)16-2/h3-6,11-12,15H,7-10H2,1-2H3. The van der Waals surface area contributed by atoms with Gasteiger partial charge in [0.25, 0.3) is 0 Å². The molecule has 0 radical (unpaired) electrons. The Morgan fingerprint density at radius 3 is 2.62 bits per heavy atom. The van der Waals surface area contributed by atoms with Gasteiger partial charge in [-0.15, -0.1) is 0 Å². The largest absolute Gasteiger partial charge is 0.496 e. The van der Waals surface area contributed by atoms with Crippen molar-refractivity contribution in [2.45, 2.75) is 25.7 Å². The minimum absolute atomic E-state index is 0.596. The van der Waals surface area contributed by atoms with E-state index >= 15 is 0 Å². The molecule has 1 aliphatic heterocycles. The van der Waals surface area contributed by atoms with Crippen molar-refractivity contribution in [2.75, 3.05) is 20.2 Å². The van der Waals surface area contributed by atoms with Crippen LogP contribution in [0.5, 0.6) is 5.75 Å². The average Bonchev–Trinajstić information content (AvgIpc) is 2.39. The maximum atomic E-state index is 5.44. The first-order valence-corrected chi connectivity index (χ1v) is 6.16. The Balaban J connectivity index is 2.15. The molecule has 1 atom stereocenters. The smallest absolute Gasteiger partial charge is 0.122 e. The van der Waals surface area contributed by atoms with Crippen molar-refractivity contribution < 1.29 is 4.74 Å². The first-order valence-electron chi connectivity index (χ1n) is 6.16. The summed E-state index contributed by atoms with van der Waals surface area (Å²) in [5.41, 5.74) is 1.36. The Morgan fingerprint density at radius 2 is 1.94 bits per heavy atom. The first kappa shape index (κ1) is 11.5. The van der Waals surface area contributed by atoms with E-state index in [1.165, 1.54) is 18.4 Å². The zero-order chi connectivity index (χ0) is 11.4. The van der Waals surface area contributed by atoms with Gasteiger partial charge in [-0.2, -0.15) is 0 Å². The lowest BCUT2D eigenvalue weighted by Crippen LogP contribution is -2.30. The molecular weight excluding hydrogens is 198 g/mol. The Bertz CT molecular complexity index is 331. The van der Waals surface area contributed by atoms with Crippen LogP contribution in [-0.4, -0.2) is 20.2 Å². The summed E-state index contributed by atoms with van der Waals surface area (Å²) in [5, 5.41) is 3.42. The molecule has 1 saturated heterocycles. The van der Waals surface area contributed by atoms with E-state index in [1.807, 2.05) is 6.07 Å². The van der Waals surface area contributed by atoms with Gasteiger partial charge < -0.3 is 10.1 Å². The monoisotopic (exact) mass is 219 g/mol. The van der Waals surface area contributed by atoms with Crippen LogP contribution in [0.25, 0.3) is 0 Å². The number of piperidine rings is 1. The molecule has 2 heteroatoms. The third-order valence-electron chi connectivity index (χ3n) is 3.72. The summed E-state index contributed by atoms with van der Waals surface area (Å²) in [6, 6.07) is 8.41. The number of rotatable bonds is 3. The van der Waals surface area contributed by atoms with Gasteiger partial charge in [0, 0.05) is 0 Å². The molecule has 1 heterocycles. The van der Waals surface area contributed by atoms with Gasteiger partial charge >= 0.3 is 0 Å². The van der Waals surface area contributed by atoms with Gasteiger partial charge in [-0.05, 0) is 49.4 Å². The summed E-state index contributed by atoms with van der Waals surface area (Å²) < 4.78 is 5.44. The predicted octanol–water partition coefficient (Wildman–Crippen LogP) is 2.80. The van der Waals surface area contributed by atoms with Crippen molar-refractivity contribution in [1.82, 2.24) is 5.32 Å². The van der Waals surface area contributed by atoms with Crippen LogP contribution in [0, 0.1) is 5.92 Å². The number of para-hydroxylation sites is 1. The van der Waals surface area contributed by atoms with Crippen LogP contribution in [0.1, 0.15) is 31.2 Å². The second-order valence-electron chi connectivity index (χ2n) is 4.62. The minimum Gasteiger partial charge on any atom is -0.496 e. The molecule has 1 aromatic carbocycles. The van der Waals surface area contributed by atoms with Gasteiger partial charge in [0.1, 0.15) is 5.75 Å². The Labute approximate surface area is 98.0 Å². The van der Waals surface area contributed by atoms with E-state index < -0.39 is 0 Å². The van der Waals surface area contributed by atoms with Crippen LogP contribution in [0.3, 0.4) is 0 Å². The van der Waals surface area contributed by atoms with Crippen molar-refractivity contribution in [1.29, 1.82) is 0 Å². The van der Waals surface area contributed by atoms with Crippen LogP contribution in [0.4, 0.5) is 0 Å². The lowest BCUT2D eigenvalue weighted by atomic mass is 9.81. The SMILES string of the molecule is COc1ccccc1C(C)C1CCNCC1. The quantitative estimate of drug-likeness (QED) is 0.844. The number of hydrogen-bond acceptors (Lipinski definition) is 2. The highest BCUT2D eigenvalue weighted by Gasteiger charge is 2.23. The van der Waals surface area contributed by atoms with E-state index in [4.69, 9.17) is 4.74 Å². The van der Waals surface area contributed by atoms with E-state index in [1.54, 1.807) is 7.11 Å². The molecule has 2 rings (SSSR count). The number of benzene rings is 1. The third-order valence-corrected chi connectivity index (χ3v) is 3.72. The van der Waals surface area contributed by atoms with Gasteiger partial charge in [0.15, 0.2) is 0 Å². The fourth-order valence-electron chi connectivity index (χ4n) is 2.64. The van der Waals surface area contributed by atoms with Crippen LogP contribution in [0.15, 0.2) is 24.3 Å². The van der Waals surface area contributed by atoms with E-state index in [-0.39, 0.29) is 0 Å². The Hall–Kier alpha value is -1.02. The van der Waals surface area contributed by atoms with Crippen molar-refractivity contribution >= 4 is 0 Å². The molecule has 2 nitrogen and oxygen atoms in total. The molecule has 1 unspecified atom stereocenters. The molecule has 1 aromatic rings. The van der Waals surface area contributed by atoms with Crippen molar-refractivity contribution in [3.05, 3.63) is 29.8 Å². The summed E-state index contributed by atoms with van der Waals surface area (Å²) in [5.74, 6) is 2.42. The summed E-state index contributed by atoms with van der Waals surface area (Å²) in [6.45, 7) is 4.64. The predicted molar refractivity (Wildman–Crippen MR) is 67.0 cm³/mol. The second kappa shape index (κ2) is 5.35. The van der Waals surface area contributed by atoms with Gasteiger partial charge in [-0.1, -0.05) is 25.1 Å². The number of nitrogens with one attached hydrogen (secondary N) is 1. The molecule has 1 fully saturated rings. The summed E-state index contributed by atoms with van der Waals surface area (Å²) in [6.07, 6.45) is 2.55. The fraction of sp³-hybridized carbons (Fsp3) is 0.571. The van der Waals surface area contributed by atoms with Crippen molar-refractivity contribution in [2.24, 2.45) is 5.92 Å². The van der Waals surface area contributed by atoms with E-state index in [0.717, 1.165) is 24.8 Å². The molecule has 1 aliphatic rings. The number of methoxy groups -OCH3 is 1. The molecule has 0 aliphatic carbocycles. The minimum atomic E-state index is 0.596. The van der Waals surface area contributed by atoms with E-state index in [9.17, 15) is 0 Å². The van der Waals surface area contributed by atoms with Crippen molar-refractivity contribution in [3.8, 4) is 5.75 Å². The molecule has 0 amide bonds. The normalized spacial score (nSPS) is 19.4. The fourth-order valence-corrected chi connectivity index (χ4v) is 2.64. The zero-order valence-corrected chi connectivity index (χ0v) is 10.2. The highest BCUT2D eigenvalue weighted by atomic mass is 16.5. The van der Waals surface area contributed by atoms with Gasteiger partial charge in [0.2, 0.25) is 0 Å². The third kappa shape index (κ3) is 2.38. The Morgan fingerprint density at radius 1 is 1.25 bits per heavy atom. The van der Waals surface area contributed by atoms with Crippen LogP contribution in [-0.2, 0) is 0 Å². The first-order chi connectivity index (χ1) is 7.83. The maximum Gasteiger partial charge on any atom is 0.122 e. The Kier molecular flexibility index (Phi) is 3.83. The van der Waals surface area contributed by atoms with E-state index in [2.05, 4.69) is 30.4 Å². The van der Waals surface area contributed by atoms with Crippen molar-refractivity contribution in [3.63, 3.8) is 0 Å². The second-order valence-corrected chi connectivity index (χ2v) is 4.62. The van der Waals surface area contributed by atoms with Crippen LogP contribution >= 0.6 is 0 Å². The molecule has 88 valence electrons. The number of hydrogen-bond donors (Lipinski definition) is 1. The molecule has 0 saturated carbocycles. The number of ether oxygens (including phenoxy) is 1. The average molecular weight is 219 g/mol. The summed E-state index contributed by atoms with van der Waals surface area (Å²) >= 11 is 0. The molecular formula is C14H21NO. The molecule has 1 N–H and O–H groups in total. The van der Waals surface area contributed by atoms with E-state index in [0.29, 0.717) is 5.92 Å². The highest BCUT2D eigenvalue weighted by Crippen LogP contribution is 2.35. The maximum absolute atomic E-state index is 5.44. The van der Waals surface area contributed by atoms with Gasteiger partial charge in [-0.25, -0.2) is 0 Å². The lowest BCUT2D eigenvalue weighted by molar-refractivity contribution is 0.321. The van der Waals surface area contributed by atoms with Gasteiger partial charge in [0.05, 0.1) is 7.11 Å². The lowest BCUT2D eigenvalue weighted by Gasteiger charge is -2.29.